The summed E-state index contributed by atoms with van der Waals surface area (Å²) in [6.45, 7) is 5.48. The quantitative estimate of drug-likeness (QED) is 0.611. The molecule has 0 aliphatic carbocycles. The Bertz CT molecular complexity index is 566. The highest BCUT2D eigenvalue weighted by atomic mass is 32.1. The minimum absolute atomic E-state index is 0.158. The Morgan fingerprint density at radius 1 is 1.23 bits per heavy atom. The molecule has 2 aliphatic heterocycles. The molecular formula is C14H22N4O3S. The van der Waals surface area contributed by atoms with E-state index in [4.69, 9.17) is 12.2 Å². The van der Waals surface area contributed by atoms with Crippen molar-refractivity contribution in [1.29, 1.82) is 0 Å². The molecule has 2 saturated heterocycles. The van der Waals surface area contributed by atoms with Crippen LogP contribution in [0.1, 0.15) is 40.0 Å². The van der Waals surface area contributed by atoms with Gasteiger partial charge >= 0.3 is 6.03 Å². The number of carbonyl (C=O) groups is 3. The lowest BCUT2D eigenvalue weighted by Crippen LogP contribution is -2.64. The van der Waals surface area contributed by atoms with Crippen molar-refractivity contribution in [3.63, 3.8) is 0 Å². The number of nitrogens with zero attached hydrogens (tertiary/aromatic N) is 3. The standard InChI is InChI=1S/C14H22N4O3S/c1-6-7-9(19)8-10(20)18-12(21)17(5)14(3)13(18,2)15-11(22)16(14)4/h6-8H2,1-5H3,(H,15,22)/t13-,14+/m1/s1. The fraction of sp³-hybridized carbons (Fsp3) is 0.714. The van der Waals surface area contributed by atoms with Gasteiger partial charge in [0.25, 0.3) is 0 Å². The van der Waals surface area contributed by atoms with Crippen LogP contribution >= 0.6 is 12.2 Å². The van der Waals surface area contributed by atoms with Gasteiger partial charge in [0.1, 0.15) is 5.78 Å². The third-order valence-corrected chi connectivity index (χ3v) is 5.31. The first-order valence-corrected chi connectivity index (χ1v) is 7.70. The number of Topliss-reactive ketones (excluding diaryl/α,β-unsaturated/α-hetero) is 1. The molecule has 0 aromatic carbocycles. The molecule has 2 heterocycles. The fourth-order valence-corrected chi connectivity index (χ4v) is 3.63. The molecule has 0 bridgehead atoms. The van der Waals surface area contributed by atoms with Gasteiger partial charge in [-0.15, -0.1) is 0 Å². The Hall–Kier alpha value is -1.70. The van der Waals surface area contributed by atoms with Gasteiger partial charge in [-0.05, 0) is 32.5 Å². The number of fused-ring (bicyclic) bond motifs is 1. The molecule has 7 nitrogen and oxygen atoms in total. The van der Waals surface area contributed by atoms with Gasteiger partial charge in [-0.2, -0.15) is 0 Å². The van der Waals surface area contributed by atoms with E-state index in [1.54, 1.807) is 25.9 Å². The predicted octanol–water partition coefficient (Wildman–Crippen LogP) is 0.892. The number of imide groups is 1. The molecule has 0 spiro atoms. The van der Waals surface area contributed by atoms with Crippen molar-refractivity contribution in [3.8, 4) is 0 Å². The number of nitrogens with one attached hydrogen (secondary N) is 1. The second-order valence-electron chi connectivity index (χ2n) is 6.12. The maximum atomic E-state index is 12.6. The Balaban J connectivity index is 2.37. The van der Waals surface area contributed by atoms with Crippen LogP contribution in [-0.4, -0.2) is 63.0 Å². The molecule has 0 radical (unpaired) electrons. The summed E-state index contributed by atoms with van der Waals surface area (Å²) in [6.07, 6.45) is 0.751. The van der Waals surface area contributed by atoms with E-state index in [0.717, 1.165) is 4.90 Å². The van der Waals surface area contributed by atoms with Crippen molar-refractivity contribution in [2.75, 3.05) is 14.1 Å². The second-order valence-corrected chi connectivity index (χ2v) is 6.51. The Morgan fingerprint density at radius 2 is 1.82 bits per heavy atom. The lowest BCUT2D eigenvalue weighted by atomic mass is 9.96. The summed E-state index contributed by atoms with van der Waals surface area (Å²) in [5.74, 6) is -0.652. The molecule has 0 saturated carbocycles. The molecule has 2 atom stereocenters. The van der Waals surface area contributed by atoms with E-state index in [0.29, 0.717) is 18.0 Å². The highest BCUT2D eigenvalue weighted by Gasteiger charge is 2.69. The van der Waals surface area contributed by atoms with Crippen LogP contribution in [0.15, 0.2) is 0 Å². The monoisotopic (exact) mass is 326 g/mol. The SMILES string of the molecule is CCCC(=O)CC(=O)N1C(=O)N(C)[C@]2(C)N(C)C(=S)N[C@]12C. The second kappa shape index (κ2) is 5.19. The Morgan fingerprint density at radius 3 is 2.36 bits per heavy atom. The van der Waals surface area contributed by atoms with Crippen molar-refractivity contribution in [2.24, 2.45) is 0 Å². The average Bonchev–Trinajstić information content (AvgIpc) is 2.68. The minimum atomic E-state index is -1.01. The van der Waals surface area contributed by atoms with Crippen molar-refractivity contribution < 1.29 is 14.4 Å². The third kappa shape index (κ3) is 1.93. The van der Waals surface area contributed by atoms with Crippen LogP contribution in [0.4, 0.5) is 4.79 Å². The van der Waals surface area contributed by atoms with E-state index in [9.17, 15) is 14.4 Å². The van der Waals surface area contributed by atoms with Crippen molar-refractivity contribution in [3.05, 3.63) is 0 Å². The summed E-state index contributed by atoms with van der Waals surface area (Å²) < 4.78 is 0. The maximum absolute atomic E-state index is 12.6. The number of hydrogen-bond acceptors (Lipinski definition) is 4. The molecule has 0 unspecified atom stereocenters. The van der Waals surface area contributed by atoms with Gasteiger partial charge in [-0.1, -0.05) is 6.92 Å². The van der Waals surface area contributed by atoms with Crippen molar-refractivity contribution >= 4 is 35.1 Å². The largest absolute Gasteiger partial charge is 0.336 e. The van der Waals surface area contributed by atoms with Gasteiger partial charge in [0.05, 0.1) is 6.42 Å². The van der Waals surface area contributed by atoms with Crippen LogP contribution in [0.3, 0.4) is 0 Å². The summed E-state index contributed by atoms with van der Waals surface area (Å²) in [4.78, 5) is 41.3. The van der Waals surface area contributed by atoms with E-state index in [-0.39, 0.29) is 12.2 Å². The molecule has 22 heavy (non-hydrogen) atoms. The van der Waals surface area contributed by atoms with Crippen LogP contribution in [0.5, 0.6) is 0 Å². The van der Waals surface area contributed by atoms with Crippen molar-refractivity contribution in [1.82, 2.24) is 20.0 Å². The molecule has 2 fully saturated rings. The molecule has 122 valence electrons. The first-order valence-electron chi connectivity index (χ1n) is 7.29. The first kappa shape index (κ1) is 16.7. The zero-order chi connectivity index (χ0) is 16.9. The van der Waals surface area contributed by atoms with Crippen LogP contribution in [0.2, 0.25) is 0 Å². The van der Waals surface area contributed by atoms with Gasteiger partial charge in [0.15, 0.2) is 16.4 Å². The lowest BCUT2D eigenvalue weighted by molar-refractivity contribution is -0.137. The number of likely N-dealkylation sites (N-methyl/N-ethyl adjacent to an activating group) is 2. The zero-order valence-corrected chi connectivity index (χ0v) is 14.4. The molecular weight excluding hydrogens is 304 g/mol. The summed E-state index contributed by atoms with van der Waals surface area (Å²) in [5, 5.41) is 3.53. The molecule has 1 N–H and O–H groups in total. The van der Waals surface area contributed by atoms with Gasteiger partial charge in [0.2, 0.25) is 5.91 Å². The van der Waals surface area contributed by atoms with Crippen LogP contribution < -0.4 is 5.32 Å². The summed E-state index contributed by atoms with van der Waals surface area (Å²) in [5.41, 5.74) is -1.81. The minimum Gasteiger partial charge on any atom is -0.336 e. The van der Waals surface area contributed by atoms with E-state index in [1.165, 1.54) is 4.90 Å². The lowest BCUT2D eigenvalue weighted by Gasteiger charge is -2.41. The topological polar surface area (TPSA) is 73.0 Å². The first-order chi connectivity index (χ1) is 10.1. The summed E-state index contributed by atoms with van der Waals surface area (Å²) in [6, 6.07) is -0.429. The molecule has 8 heteroatoms. The Kier molecular flexibility index (Phi) is 3.93. The maximum Gasteiger partial charge on any atom is 0.330 e. The normalized spacial score (nSPS) is 30.7. The highest BCUT2D eigenvalue weighted by molar-refractivity contribution is 7.80. The number of hydrogen-bond donors (Lipinski definition) is 1. The molecule has 2 aliphatic rings. The van der Waals surface area contributed by atoms with E-state index in [2.05, 4.69) is 5.32 Å². The average molecular weight is 326 g/mol. The van der Waals surface area contributed by atoms with E-state index in [1.807, 2.05) is 13.8 Å². The van der Waals surface area contributed by atoms with Gasteiger partial charge < -0.3 is 15.1 Å². The molecule has 3 amide bonds. The van der Waals surface area contributed by atoms with Gasteiger partial charge in [-0.3, -0.25) is 9.59 Å². The van der Waals surface area contributed by atoms with Crippen molar-refractivity contribution in [2.45, 2.75) is 51.4 Å². The smallest absolute Gasteiger partial charge is 0.330 e. The highest BCUT2D eigenvalue weighted by Crippen LogP contribution is 2.44. The molecule has 0 aromatic heterocycles. The van der Waals surface area contributed by atoms with Crippen LogP contribution in [0.25, 0.3) is 0 Å². The number of urea groups is 1. The number of carbonyl (C=O) groups excluding carboxylic acids is 3. The van der Waals surface area contributed by atoms with Gasteiger partial charge in [-0.25, -0.2) is 9.69 Å². The van der Waals surface area contributed by atoms with Crippen LogP contribution in [-0.2, 0) is 9.59 Å². The van der Waals surface area contributed by atoms with Gasteiger partial charge in [0, 0.05) is 20.5 Å². The number of amides is 3. The summed E-state index contributed by atoms with van der Waals surface area (Å²) >= 11 is 5.27. The van der Waals surface area contributed by atoms with Crippen LogP contribution in [0, 0.1) is 0 Å². The summed E-state index contributed by atoms with van der Waals surface area (Å²) in [7, 11) is 3.41. The molecule has 2 rings (SSSR count). The Labute approximate surface area is 135 Å². The number of thiocarbonyl (C=S) groups is 1. The fourth-order valence-electron chi connectivity index (χ4n) is 3.25. The van der Waals surface area contributed by atoms with E-state index >= 15 is 0 Å². The predicted molar refractivity (Wildman–Crippen MR) is 84.8 cm³/mol. The number of rotatable bonds is 4. The molecule has 0 aromatic rings. The zero-order valence-electron chi connectivity index (χ0n) is 13.6. The van der Waals surface area contributed by atoms with E-state index < -0.39 is 23.3 Å². The number of ketones is 1. The third-order valence-electron chi connectivity index (χ3n) is 4.94.